The van der Waals surface area contributed by atoms with E-state index < -0.39 is 0 Å². The molecule has 2 atom stereocenters. The van der Waals surface area contributed by atoms with Gasteiger partial charge in [0.25, 0.3) is 0 Å². The van der Waals surface area contributed by atoms with Crippen molar-refractivity contribution >= 4 is 5.91 Å². The van der Waals surface area contributed by atoms with Crippen LogP contribution < -0.4 is 5.73 Å². The minimum absolute atomic E-state index is 0.0516. The third-order valence-electron chi connectivity index (χ3n) is 3.13. The van der Waals surface area contributed by atoms with Crippen LogP contribution in [0.4, 0.5) is 4.39 Å². The molecule has 0 aromatic heterocycles. The molecule has 1 aliphatic heterocycles. The van der Waals surface area contributed by atoms with Crippen LogP contribution in [0.25, 0.3) is 0 Å². The predicted molar refractivity (Wildman–Crippen MR) is 65.2 cm³/mol. The molecule has 1 saturated heterocycles. The maximum Gasteiger partial charge on any atom is 0.229 e. The number of halogens is 1. The Balaban J connectivity index is 1.99. The van der Waals surface area contributed by atoms with Crippen molar-refractivity contribution < 1.29 is 13.9 Å². The van der Waals surface area contributed by atoms with Crippen LogP contribution in [0.1, 0.15) is 5.56 Å². The summed E-state index contributed by atoms with van der Waals surface area (Å²) < 4.78 is 18.2. The van der Waals surface area contributed by atoms with Crippen LogP contribution in [-0.4, -0.2) is 37.1 Å². The first-order chi connectivity index (χ1) is 8.58. The third-order valence-corrected chi connectivity index (χ3v) is 3.13. The molecule has 1 aliphatic rings. The Morgan fingerprint density at radius 2 is 2.33 bits per heavy atom. The minimum Gasteiger partial charge on any atom is -0.379 e. The van der Waals surface area contributed by atoms with E-state index in [0.29, 0.717) is 19.8 Å². The molecule has 2 N–H and O–H groups in total. The maximum atomic E-state index is 13.0. The van der Waals surface area contributed by atoms with Crippen molar-refractivity contribution in [1.82, 2.24) is 4.90 Å². The average molecular weight is 252 g/mol. The number of carbonyl (C=O) groups excluding carboxylic acids is 1. The Labute approximate surface area is 106 Å². The lowest BCUT2D eigenvalue weighted by atomic mass is 10.0. The predicted octanol–water partition coefficient (Wildman–Crippen LogP) is 0.758. The summed E-state index contributed by atoms with van der Waals surface area (Å²) in [7, 11) is 1.69. The van der Waals surface area contributed by atoms with Crippen LogP contribution in [0.15, 0.2) is 24.3 Å². The fraction of sp³-hybridized carbons (Fsp3) is 0.462. The van der Waals surface area contributed by atoms with E-state index in [4.69, 9.17) is 10.5 Å². The molecule has 2 rings (SSSR count). The quantitative estimate of drug-likeness (QED) is 0.864. The van der Waals surface area contributed by atoms with Crippen LogP contribution in [-0.2, 0) is 16.1 Å². The van der Waals surface area contributed by atoms with Crippen molar-refractivity contribution in [2.24, 2.45) is 11.7 Å². The van der Waals surface area contributed by atoms with E-state index in [1.807, 2.05) is 0 Å². The van der Waals surface area contributed by atoms with Crippen molar-refractivity contribution in [3.05, 3.63) is 35.6 Å². The summed E-state index contributed by atoms with van der Waals surface area (Å²) >= 11 is 0. The summed E-state index contributed by atoms with van der Waals surface area (Å²) in [5.41, 5.74) is 6.57. The number of benzene rings is 1. The van der Waals surface area contributed by atoms with Crippen LogP contribution >= 0.6 is 0 Å². The van der Waals surface area contributed by atoms with Crippen LogP contribution in [0.3, 0.4) is 0 Å². The molecule has 4 nitrogen and oxygen atoms in total. The van der Waals surface area contributed by atoms with E-state index in [0.717, 1.165) is 5.56 Å². The molecule has 1 aromatic carbocycles. The molecule has 0 aliphatic carbocycles. The molecule has 0 saturated carbocycles. The molecular weight excluding hydrogens is 235 g/mol. The zero-order valence-corrected chi connectivity index (χ0v) is 10.3. The first-order valence-electron chi connectivity index (χ1n) is 5.90. The van der Waals surface area contributed by atoms with Crippen molar-refractivity contribution in [3.63, 3.8) is 0 Å². The molecule has 5 heteroatoms. The highest BCUT2D eigenvalue weighted by atomic mass is 19.1. The van der Waals surface area contributed by atoms with Gasteiger partial charge in [-0.2, -0.15) is 0 Å². The van der Waals surface area contributed by atoms with Gasteiger partial charge in [-0.3, -0.25) is 4.79 Å². The first-order valence-corrected chi connectivity index (χ1v) is 5.90. The summed E-state index contributed by atoms with van der Waals surface area (Å²) in [4.78, 5) is 13.7. The molecule has 0 spiro atoms. The summed E-state index contributed by atoms with van der Waals surface area (Å²) in [6, 6.07) is 5.99. The van der Waals surface area contributed by atoms with E-state index in [1.54, 1.807) is 24.1 Å². The van der Waals surface area contributed by atoms with Crippen LogP contribution in [0, 0.1) is 11.7 Å². The number of nitrogens with two attached hydrogens (primary N) is 1. The van der Waals surface area contributed by atoms with Crippen molar-refractivity contribution in [2.45, 2.75) is 12.6 Å². The number of nitrogens with zero attached hydrogens (tertiary/aromatic N) is 1. The van der Waals surface area contributed by atoms with Gasteiger partial charge in [-0.1, -0.05) is 12.1 Å². The SMILES string of the molecule is CN(Cc1cccc(F)c1)C(=O)C1COCC1N. The Morgan fingerprint density at radius 1 is 1.56 bits per heavy atom. The summed E-state index contributed by atoms with van der Waals surface area (Å²) in [5, 5.41) is 0. The topological polar surface area (TPSA) is 55.6 Å². The van der Waals surface area contributed by atoms with Gasteiger partial charge >= 0.3 is 0 Å². The number of carbonyl (C=O) groups is 1. The number of hydrogen-bond donors (Lipinski definition) is 1. The van der Waals surface area contributed by atoms with Crippen molar-refractivity contribution in [2.75, 3.05) is 20.3 Å². The average Bonchev–Trinajstić information content (AvgIpc) is 2.74. The second-order valence-electron chi connectivity index (χ2n) is 4.63. The Kier molecular flexibility index (Phi) is 3.93. The van der Waals surface area contributed by atoms with Gasteiger partial charge in [-0.25, -0.2) is 4.39 Å². The first kappa shape index (κ1) is 13.0. The lowest BCUT2D eigenvalue weighted by molar-refractivity contribution is -0.135. The zero-order chi connectivity index (χ0) is 13.1. The number of amides is 1. The number of rotatable bonds is 3. The largest absolute Gasteiger partial charge is 0.379 e. The minimum atomic E-state index is -0.297. The third kappa shape index (κ3) is 2.86. The van der Waals surface area contributed by atoms with E-state index in [9.17, 15) is 9.18 Å². The molecule has 1 aromatic rings. The standard InChI is InChI=1S/C13H17FN2O2/c1-16(6-9-3-2-4-10(14)5-9)13(17)11-7-18-8-12(11)15/h2-5,11-12H,6-8,15H2,1H3. The summed E-state index contributed by atoms with van der Waals surface area (Å²) in [6.07, 6.45) is 0. The molecule has 1 heterocycles. The normalized spacial score (nSPS) is 23.1. The van der Waals surface area contributed by atoms with Crippen LogP contribution in [0.2, 0.25) is 0 Å². The zero-order valence-electron chi connectivity index (χ0n) is 10.3. The molecule has 2 unspecified atom stereocenters. The van der Waals surface area contributed by atoms with Gasteiger partial charge in [-0.15, -0.1) is 0 Å². The van der Waals surface area contributed by atoms with Gasteiger partial charge in [0.1, 0.15) is 5.82 Å². The van der Waals surface area contributed by atoms with Gasteiger partial charge in [0.05, 0.1) is 19.1 Å². The van der Waals surface area contributed by atoms with Gasteiger partial charge in [0, 0.05) is 19.6 Å². The molecule has 0 radical (unpaired) electrons. The Morgan fingerprint density at radius 3 is 2.94 bits per heavy atom. The molecule has 0 bridgehead atoms. The summed E-state index contributed by atoms with van der Waals surface area (Å²) in [5.74, 6) is -0.637. The lowest BCUT2D eigenvalue weighted by Crippen LogP contribution is -2.41. The monoisotopic (exact) mass is 252 g/mol. The molecule has 18 heavy (non-hydrogen) atoms. The Hall–Kier alpha value is -1.46. The highest BCUT2D eigenvalue weighted by Gasteiger charge is 2.33. The molecular formula is C13H17FN2O2. The van der Waals surface area contributed by atoms with E-state index in [1.165, 1.54) is 12.1 Å². The smallest absolute Gasteiger partial charge is 0.229 e. The molecule has 1 fully saturated rings. The van der Waals surface area contributed by atoms with Gasteiger partial charge in [0.2, 0.25) is 5.91 Å². The van der Waals surface area contributed by atoms with Gasteiger partial charge in [0.15, 0.2) is 0 Å². The van der Waals surface area contributed by atoms with E-state index in [-0.39, 0.29) is 23.7 Å². The fourth-order valence-corrected chi connectivity index (χ4v) is 2.10. The van der Waals surface area contributed by atoms with Gasteiger partial charge < -0.3 is 15.4 Å². The molecule has 1 amide bonds. The van der Waals surface area contributed by atoms with E-state index >= 15 is 0 Å². The van der Waals surface area contributed by atoms with Crippen molar-refractivity contribution in [3.8, 4) is 0 Å². The Bertz CT molecular complexity index is 439. The second-order valence-corrected chi connectivity index (χ2v) is 4.63. The van der Waals surface area contributed by atoms with Crippen LogP contribution in [0.5, 0.6) is 0 Å². The fourth-order valence-electron chi connectivity index (χ4n) is 2.10. The second kappa shape index (κ2) is 5.46. The van der Waals surface area contributed by atoms with Gasteiger partial charge in [-0.05, 0) is 17.7 Å². The summed E-state index contributed by atoms with van der Waals surface area (Å²) in [6.45, 7) is 1.16. The number of hydrogen-bond acceptors (Lipinski definition) is 3. The van der Waals surface area contributed by atoms with E-state index in [2.05, 4.69) is 0 Å². The molecule has 98 valence electrons. The number of ether oxygens (including phenoxy) is 1. The lowest BCUT2D eigenvalue weighted by Gasteiger charge is -2.22. The van der Waals surface area contributed by atoms with Crippen molar-refractivity contribution in [1.29, 1.82) is 0 Å². The maximum absolute atomic E-state index is 13.0. The highest BCUT2D eigenvalue weighted by Crippen LogP contribution is 2.16. The highest BCUT2D eigenvalue weighted by molar-refractivity contribution is 5.79.